The number of hydrogen-bond donors (Lipinski definition) is 1. The van der Waals surface area contributed by atoms with Gasteiger partial charge in [0.15, 0.2) is 0 Å². The first kappa shape index (κ1) is 14.5. The van der Waals surface area contributed by atoms with Gasteiger partial charge in [0.1, 0.15) is 5.82 Å². The first-order valence-corrected chi connectivity index (χ1v) is 7.18. The van der Waals surface area contributed by atoms with Gasteiger partial charge in [-0.25, -0.2) is 4.39 Å². The number of hydrogen-bond acceptors (Lipinski definition) is 2. The molecule has 0 bridgehead atoms. The van der Waals surface area contributed by atoms with Crippen LogP contribution in [0, 0.1) is 11.7 Å². The van der Waals surface area contributed by atoms with Crippen LogP contribution in [0.15, 0.2) is 23.1 Å². The highest BCUT2D eigenvalue weighted by molar-refractivity contribution is 7.99. The van der Waals surface area contributed by atoms with Crippen LogP contribution in [0.3, 0.4) is 0 Å². The standard InChI is InChI=1S/C14H22FNS/c1-4-10(2)9-17-14-12(8-11(3)16)6-5-7-13(14)15/h5-7,10-11H,4,8-9,16H2,1-3H3. The fourth-order valence-electron chi connectivity index (χ4n) is 1.57. The first-order valence-electron chi connectivity index (χ1n) is 6.20. The van der Waals surface area contributed by atoms with Crippen molar-refractivity contribution in [1.82, 2.24) is 0 Å². The molecule has 0 amide bonds. The van der Waals surface area contributed by atoms with Gasteiger partial charge in [0.25, 0.3) is 0 Å². The van der Waals surface area contributed by atoms with Crippen molar-refractivity contribution < 1.29 is 4.39 Å². The summed E-state index contributed by atoms with van der Waals surface area (Å²) < 4.78 is 13.8. The van der Waals surface area contributed by atoms with E-state index in [0.717, 1.165) is 29.1 Å². The molecule has 1 aromatic rings. The second kappa shape index (κ2) is 7.02. The lowest BCUT2D eigenvalue weighted by atomic mass is 10.1. The Morgan fingerprint density at radius 1 is 1.35 bits per heavy atom. The zero-order valence-electron chi connectivity index (χ0n) is 10.9. The zero-order valence-corrected chi connectivity index (χ0v) is 11.7. The number of nitrogens with two attached hydrogens (primary N) is 1. The number of rotatable bonds is 6. The van der Waals surface area contributed by atoms with Crippen LogP contribution >= 0.6 is 11.8 Å². The van der Waals surface area contributed by atoms with Crippen molar-refractivity contribution in [1.29, 1.82) is 0 Å². The maximum absolute atomic E-state index is 13.8. The molecule has 0 saturated carbocycles. The Morgan fingerprint density at radius 2 is 2.06 bits per heavy atom. The van der Waals surface area contributed by atoms with Crippen LogP contribution in [-0.4, -0.2) is 11.8 Å². The Morgan fingerprint density at radius 3 is 2.65 bits per heavy atom. The maximum atomic E-state index is 13.8. The van der Waals surface area contributed by atoms with Crippen molar-refractivity contribution in [2.45, 2.75) is 44.6 Å². The lowest BCUT2D eigenvalue weighted by Gasteiger charge is -2.14. The van der Waals surface area contributed by atoms with Gasteiger partial charge < -0.3 is 5.73 Å². The van der Waals surface area contributed by atoms with Crippen molar-refractivity contribution >= 4 is 11.8 Å². The molecule has 1 rings (SSSR count). The van der Waals surface area contributed by atoms with Gasteiger partial charge in [-0.1, -0.05) is 32.4 Å². The fourth-order valence-corrected chi connectivity index (χ4v) is 2.80. The van der Waals surface area contributed by atoms with E-state index in [0.29, 0.717) is 5.92 Å². The normalized spacial score (nSPS) is 14.6. The molecule has 0 aliphatic carbocycles. The van der Waals surface area contributed by atoms with E-state index >= 15 is 0 Å². The van der Waals surface area contributed by atoms with Crippen molar-refractivity contribution in [3.8, 4) is 0 Å². The molecule has 2 unspecified atom stereocenters. The van der Waals surface area contributed by atoms with E-state index in [4.69, 9.17) is 5.73 Å². The molecule has 1 nitrogen and oxygen atoms in total. The molecule has 96 valence electrons. The van der Waals surface area contributed by atoms with Crippen LogP contribution in [-0.2, 0) is 6.42 Å². The molecule has 0 aromatic heterocycles. The van der Waals surface area contributed by atoms with Crippen LogP contribution in [0.4, 0.5) is 4.39 Å². The molecule has 0 spiro atoms. The van der Waals surface area contributed by atoms with Gasteiger partial charge in [-0.3, -0.25) is 0 Å². The highest BCUT2D eigenvalue weighted by Gasteiger charge is 2.11. The van der Waals surface area contributed by atoms with Gasteiger partial charge in [-0.2, -0.15) is 0 Å². The van der Waals surface area contributed by atoms with Crippen LogP contribution in [0.2, 0.25) is 0 Å². The summed E-state index contributed by atoms with van der Waals surface area (Å²) in [6, 6.07) is 5.34. The molecule has 0 radical (unpaired) electrons. The molecule has 2 atom stereocenters. The Kier molecular flexibility index (Phi) is 6.00. The number of halogens is 1. The Hall–Kier alpha value is -0.540. The van der Waals surface area contributed by atoms with Crippen molar-refractivity contribution in [3.63, 3.8) is 0 Å². The average Bonchev–Trinajstić information content (AvgIpc) is 2.27. The quantitative estimate of drug-likeness (QED) is 0.781. The molecule has 0 fully saturated rings. The van der Waals surface area contributed by atoms with E-state index < -0.39 is 0 Å². The molecule has 17 heavy (non-hydrogen) atoms. The van der Waals surface area contributed by atoms with Gasteiger partial charge in [0.2, 0.25) is 0 Å². The summed E-state index contributed by atoms with van der Waals surface area (Å²) in [5.41, 5.74) is 6.83. The van der Waals surface area contributed by atoms with Crippen molar-refractivity contribution in [3.05, 3.63) is 29.6 Å². The number of thioether (sulfide) groups is 1. The molecule has 0 saturated heterocycles. The predicted molar refractivity (Wildman–Crippen MR) is 73.9 cm³/mol. The topological polar surface area (TPSA) is 26.0 Å². The smallest absolute Gasteiger partial charge is 0.137 e. The van der Waals surface area contributed by atoms with Gasteiger partial charge >= 0.3 is 0 Å². The van der Waals surface area contributed by atoms with Gasteiger partial charge in [-0.15, -0.1) is 11.8 Å². The summed E-state index contributed by atoms with van der Waals surface area (Å²) >= 11 is 1.62. The maximum Gasteiger partial charge on any atom is 0.137 e. The van der Waals surface area contributed by atoms with Crippen LogP contribution in [0.25, 0.3) is 0 Å². The summed E-state index contributed by atoms with van der Waals surface area (Å²) in [5, 5.41) is 0. The fraction of sp³-hybridized carbons (Fsp3) is 0.571. The highest BCUT2D eigenvalue weighted by atomic mass is 32.2. The molecular formula is C14H22FNS. The van der Waals surface area contributed by atoms with E-state index in [1.807, 2.05) is 13.0 Å². The third kappa shape index (κ3) is 4.68. The van der Waals surface area contributed by atoms with E-state index in [2.05, 4.69) is 13.8 Å². The van der Waals surface area contributed by atoms with E-state index in [9.17, 15) is 4.39 Å². The Bertz CT molecular complexity index is 352. The minimum Gasteiger partial charge on any atom is -0.328 e. The molecular weight excluding hydrogens is 233 g/mol. The Balaban J connectivity index is 2.80. The number of benzene rings is 1. The third-order valence-electron chi connectivity index (χ3n) is 2.80. The highest BCUT2D eigenvalue weighted by Crippen LogP contribution is 2.29. The van der Waals surface area contributed by atoms with Gasteiger partial charge in [0, 0.05) is 16.7 Å². The predicted octanol–water partition coefficient (Wildman–Crippen LogP) is 3.85. The summed E-state index contributed by atoms with van der Waals surface area (Å²) in [6.45, 7) is 6.31. The van der Waals surface area contributed by atoms with Crippen LogP contribution in [0.5, 0.6) is 0 Å². The van der Waals surface area contributed by atoms with Gasteiger partial charge in [0.05, 0.1) is 0 Å². The SMILES string of the molecule is CCC(C)CSc1c(F)cccc1CC(C)N. The minimum atomic E-state index is -0.114. The second-order valence-electron chi connectivity index (χ2n) is 4.73. The summed E-state index contributed by atoms with van der Waals surface area (Å²) in [4.78, 5) is 0.783. The molecule has 0 aliphatic heterocycles. The largest absolute Gasteiger partial charge is 0.328 e. The molecule has 0 heterocycles. The molecule has 0 aliphatic rings. The van der Waals surface area contributed by atoms with Crippen molar-refractivity contribution in [2.24, 2.45) is 11.7 Å². The second-order valence-corrected chi connectivity index (χ2v) is 5.76. The Labute approximate surface area is 108 Å². The molecule has 2 N–H and O–H groups in total. The summed E-state index contributed by atoms with van der Waals surface area (Å²) in [5.74, 6) is 1.46. The lowest BCUT2D eigenvalue weighted by molar-refractivity contribution is 0.590. The van der Waals surface area contributed by atoms with Crippen LogP contribution in [0.1, 0.15) is 32.8 Å². The van der Waals surface area contributed by atoms with E-state index in [1.54, 1.807) is 17.8 Å². The summed E-state index contributed by atoms with van der Waals surface area (Å²) in [7, 11) is 0. The lowest BCUT2D eigenvalue weighted by Crippen LogP contribution is -2.18. The van der Waals surface area contributed by atoms with Crippen molar-refractivity contribution in [2.75, 3.05) is 5.75 Å². The molecule has 1 aromatic carbocycles. The average molecular weight is 255 g/mol. The molecule has 3 heteroatoms. The zero-order chi connectivity index (χ0) is 12.8. The minimum absolute atomic E-state index is 0.0692. The van der Waals surface area contributed by atoms with E-state index in [1.165, 1.54) is 6.07 Å². The summed E-state index contributed by atoms with van der Waals surface area (Å²) in [6.07, 6.45) is 1.87. The monoisotopic (exact) mass is 255 g/mol. The third-order valence-corrected chi connectivity index (χ3v) is 4.28. The van der Waals surface area contributed by atoms with E-state index in [-0.39, 0.29) is 11.9 Å². The van der Waals surface area contributed by atoms with Gasteiger partial charge in [-0.05, 0) is 30.9 Å². The first-order chi connectivity index (χ1) is 8.04. The van der Waals surface area contributed by atoms with Crippen LogP contribution < -0.4 is 5.73 Å².